The summed E-state index contributed by atoms with van der Waals surface area (Å²) in [5.74, 6) is 0.485. The molecule has 5 nitrogen and oxygen atoms in total. The minimum Gasteiger partial charge on any atom is -0.483 e. The lowest BCUT2D eigenvalue weighted by atomic mass is 10.0. The third-order valence-electron chi connectivity index (χ3n) is 4.18. The second-order valence-corrected chi connectivity index (χ2v) is 7.39. The molecule has 0 bridgehead atoms. The van der Waals surface area contributed by atoms with E-state index in [2.05, 4.69) is 24.5 Å². The van der Waals surface area contributed by atoms with E-state index < -0.39 is 0 Å². The Morgan fingerprint density at radius 1 is 1.14 bits per heavy atom. The third-order valence-corrected chi connectivity index (χ3v) is 4.50. The van der Waals surface area contributed by atoms with Gasteiger partial charge in [0.15, 0.2) is 6.61 Å². The fourth-order valence-corrected chi connectivity index (χ4v) is 2.96. The fourth-order valence-electron chi connectivity index (χ4n) is 2.69. The number of amides is 2. The van der Waals surface area contributed by atoms with Crippen LogP contribution in [0.25, 0.3) is 0 Å². The van der Waals surface area contributed by atoms with Crippen LogP contribution in [0.1, 0.15) is 54.6 Å². The first-order valence-electron chi connectivity index (χ1n) is 9.42. The van der Waals surface area contributed by atoms with Crippen LogP contribution >= 0.6 is 11.6 Å². The van der Waals surface area contributed by atoms with Crippen LogP contribution in [0.5, 0.6) is 5.75 Å². The molecule has 6 heteroatoms. The lowest BCUT2D eigenvalue weighted by Crippen LogP contribution is -2.24. The minimum absolute atomic E-state index is 0.112. The quantitative estimate of drug-likeness (QED) is 0.657. The molecular weight excluding hydrogens is 376 g/mol. The van der Waals surface area contributed by atoms with Crippen LogP contribution in [0.3, 0.4) is 0 Å². The lowest BCUT2D eigenvalue weighted by molar-refractivity contribution is -0.118. The zero-order valence-corrected chi connectivity index (χ0v) is 17.5. The molecule has 2 N–H and O–H groups in total. The highest BCUT2D eigenvalue weighted by atomic mass is 35.5. The second kappa shape index (κ2) is 10.1. The molecule has 28 heavy (non-hydrogen) atoms. The van der Waals surface area contributed by atoms with Crippen molar-refractivity contribution in [3.8, 4) is 5.75 Å². The van der Waals surface area contributed by atoms with Crippen LogP contribution in [0.15, 0.2) is 36.4 Å². The number of aryl methyl sites for hydroxylation is 1. The van der Waals surface area contributed by atoms with Crippen LogP contribution in [-0.4, -0.2) is 25.0 Å². The Morgan fingerprint density at radius 2 is 1.89 bits per heavy atom. The predicted octanol–water partition coefficient (Wildman–Crippen LogP) is 4.93. The van der Waals surface area contributed by atoms with E-state index in [1.807, 2.05) is 32.0 Å². The Morgan fingerprint density at radius 3 is 2.54 bits per heavy atom. The zero-order chi connectivity index (χ0) is 20.7. The minimum atomic E-state index is -0.296. The lowest BCUT2D eigenvalue weighted by Gasteiger charge is -2.15. The molecule has 0 unspecified atom stereocenters. The molecule has 0 saturated heterocycles. The van der Waals surface area contributed by atoms with E-state index in [-0.39, 0.29) is 23.4 Å². The van der Waals surface area contributed by atoms with E-state index in [9.17, 15) is 9.59 Å². The molecule has 0 atom stereocenters. The summed E-state index contributed by atoms with van der Waals surface area (Å²) < 4.78 is 5.74. The molecule has 0 aliphatic rings. The number of anilines is 1. The van der Waals surface area contributed by atoms with Crippen LogP contribution in [-0.2, 0) is 4.79 Å². The molecule has 0 fully saturated rings. The average Bonchev–Trinajstić information content (AvgIpc) is 2.64. The van der Waals surface area contributed by atoms with Gasteiger partial charge >= 0.3 is 0 Å². The van der Waals surface area contributed by atoms with Crippen molar-refractivity contribution in [2.45, 2.75) is 40.0 Å². The summed E-state index contributed by atoms with van der Waals surface area (Å²) in [5, 5.41) is 5.81. The summed E-state index contributed by atoms with van der Waals surface area (Å²) in [6.45, 7) is 8.60. The van der Waals surface area contributed by atoms with E-state index in [0.29, 0.717) is 29.5 Å². The van der Waals surface area contributed by atoms with Gasteiger partial charge in [-0.2, -0.15) is 0 Å². The maximum atomic E-state index is 12.3. The summed E-state index contributed by atoms with van der Waals surface area (Å²) in [4.78, 5) is 24.3. The molecule has 0 aromatic heterocycles. The van der Waals surface area contributed by atoms with Crippen molar-refractivity contribution in [2.75, 3.05) is 18.5 Å². The Hall–Kier alpha value is -2.53. The monoisotopic (exact) mass is 402 g/mol. The van der Waals surface area contributed by atoms with Gasteiger partial charge < -0.3 is 15.4 Å². The first kappa shape index (κ1) is 21.8. The van der Waals surface area contributed by atoms with Crippen molar-refractivity contribution >= 4 is 29.1 Å². The van der Waals surface area contributed by atoms with Crippen molar-refractivity contribution in [2.24, 2.45) is 0 Å². The van der Waals surface area contributed by atoms with Crippen molar-refractivity contribution in [3.63, 3.8) is 0 Å². The highest BCUT2D eigenvalue weighted by molar-refractivity contribution is 6.34. The van der Waals surface area contributed by atoms with Crippen LogP contribution in [0.2, 0.25) is 5.02 Å². The fraction of sp³-hybridized carbons (Fsp3) is 0.364. The van der Waals surface area contributed by atoms with Gasteiger partial charge in [-0.1, -0.05) is 44.5 Å². The number of ether oxygens (including phenoxy) is 1. The predicted molar refractivity (Wildman–Crippen MR) is 113 cm³/mol. The molecule has 2 rings (SSSR count). The topological polar surface area (TPSA) is 67.4 Å². The number of rotatable bonds is 8. The highest BCUT2D eigenvalue weighted by Gasteiger charge is 2.13. The molecule has 0 aliphatic heterocycles. The number of carbonyl (C=O) groups is 2. The van der Waals surface area contributed by atoms with Gasteiger partial charge in [-0.15, -0.1) is 0 Å². The highest BCUT2D eigenvalue weighted by Crippen LogP contribution is 2.27. The van der Waals surface area contributed by atoms with E-state index in [4.69, 9.17) is 16.3 Å². The Kier molecular flexibility index (Phi) is 7.88. The first-order valence-corrected chi connectivity index (χ1v) is 9.80. The number of carbonyl (C=O) groups excluding carboxylic acids is 2. The smallest absolute Gasteiger partial charge is 0.262 e. The van der Waals surface area contributed by atoms with Crippen LogP contribution in [0.4, 0.5) is 5.69 Å². The van der Waals surface area contributed by atoms with Crippen molar-refractivity contribution in [1.82, 2.24) is 5.32 Å². The van der Waals surface area contributed by atoms with Gasteiger partial charge in [0.05, 0.1) is 10.6 Å². The molecular formula is C22H27ClN2O3. The molecule has 0 aliphatic carbocycles. The maximum absolute atomic E-state index is 12.3. The summed E-state index contributed by atoms with van der Waals surface area (Å²) >= 11 is 6.19. The van der Waals surface area contributed by atoms with Gasteiger partial charge in [0.25, 0.3) is 11.8 Å². The van der Waals surface area contributed by atoms with Gasteiger partial charge in [-0.3, -0.25) is 9.59 Å². The Labute approximate surface area is 171 Å². The van der Waals surface area contributed by atoms with E-state index in [1.54, 1.807) is 18.2 Å². The van der Waals surface area contributed by atoms with Crippen LogP contribution in [0, 0.1) is 6.92 Å². The SMILES string of the molecule is CCCNC(=O)c1ccc(NC(=O)COc2cc(C)ccc2C(C)C)cc1Cl. The Balaban J connectivity index is 1.99. The molecule has 0 spiro atoms. The third kappa shape index (κ3) is 5.99. The summed E-state index contributed by atoms with van der Waals surface area (Å²) in [7, 11) is 0. The number of halogens is 1. The van der Waals surface area contributed by atoms with Crippen molar-refractivity contribution in [1.29, 1.82) is 0 Å². The maximum Gasteiger partial charge on any atom is 0.262 e. The number of benzene rings is 2. The second-order valence-electron chi connectivity index (χ2n) is 6.98. The van der Waals surface area contributed by atoms with Gasteiger partial charge in [0.2, 0.25) is 0 Å². The van der Waals surface area contributed by atoms with Crippen molar-refractivity contribution < 1.29 is 14.3 Å². The summed E-state index contributed by atoms with van der Waals surface area (Å²) in [6, 6.07) is 10.8. The average molecular weight is 403 g/mol. The van der Waals surface area contributed by atoms with Crippen molar-refractivity contribution in [3.05, 3.63) is 58.1 Å². The summed E-state index contributed by atoms with van der Waals surface area (Å²) in [5.41, 5.74) is 3.03. The molecule has 0 radical (unpaired) electrons. The van der Waals surface area contributed by atoms with E-state index >= 15 is 0 Å². The summed E-state index contributed by atoms with van der Waals surface area (Å²) in [6.07, 6.45) is 0.844. The van der Waals surface area contributed by atoms with E-state index in [0.717, 1.165) is 17.5 Å². The van der Waals surface area contributed by atoms with Gasteiger partial charge in [0, 0.05) is 12.2 Å². The van der Waals surface area contributed by atoms with Gasteiger partial charge in [-0.05, 0) is 54.7 Å². The number of hydrogen-bond acceptors (Lipinski definition) is 3. The number of hydrogen-bond donors (Lipinski definition) is 2. The van der Waals surface area contributed by atoms with Gasteiger partial charge in [0.1, 0.15) is 5.75 Å². The van der Waals surface area contributed by atoms with Crippen LogP contribution < -0.4 is 15.4 Å². The van der Waals surface area contributed by atoms with E-state index in [1.165, 1.54) is 0 Å². The molecule has 2 aromatic rings. The molecule has 0 heterocycles. The molecule has 150 valence electrons. The Bertz CT molecular complexity index is 850. The molecule has 2 aromatic carbocycles. The standard InChI is InChI=1S/C22H27ClN2O3/c1-5-10-24-22(27)18-9-7-16(12-19(18)23)25-21(26)13-28-20-11-15(4)6-8-17(20)14(2)3/h6-9,11-12,14H,5,10,13H2,1-4H3,(H,24,27)(H,25,26). The largest absolute Gasteiger partial charge is 0.483 e. The first-order chi connectivity index (χ1) is 13.3. The number of nitrogens with one attached hydrogen (secondary N) is 2. The molecule has 0 saturated carbocycles. The normalized spacial score (nSPS) is 10.6. The zero-order valence-electron chi connectivity index (χ0n) is 16.8. The molecule has 2 amide bonds. The van der Waals surface area contributed by atoms with Gasteiger partial charge in [-0.25, -0.2) is 0 Å².